The van der Waals surface area contributed by atoms with Crippen molar-refractivity contribution in [3.05, 3.63) is 96.1 Å². The molecule has 6 heteroatoms. The van der Waals surface area contributed by atoms with Crippen molar-refractivity contribution in [1.82, 2.24) is 10.2 Å². The standard InChI is InChI=1S/C22H18FN3O2/c1-27-19-9-5-8-18(14-19)24-20(15-10-12-17(23)13-11-15)22-26-25-21(28-22)16-6-3-2-4-7-16/h2-14,20,24H,1H3/t20-/m1/s1. The first-order chi connectivity index (χ1) is 13.7. The van der Waals surface area contributed by atoms with Crippen LogP contribution in [-0.2, 0) is 0 Å². The van der Waals surface area contributed by atoms with Gasteiger partial charge in [-0.2, -0.15) is 0 Å². The number of ether oxygens (including phenoxy) is 1. The highest BCUT2D eigenvalue weighted by molar-refractivity contribution is 5.53. The van der Waals surface area contributed by atoms with E-state index < -0.39 is 6.04 Å². The molecule has 140 valence electrons. The lowest BCUT2D eigenvalue weighted by atomic mass is 10.1. The molecule has 1 atom stereocenters. The van der Waals surface area contributed by atoms with Gasteiger partial charge >= 0.3 is 0 Å². The Balaban J connectivity index is 1.70. The Hall–Kier alpha value is -3.67. The van der Waals surface area contributed by atoms with E-state index in [1.165, 1.54) is 12.1 Å². The van der Waals surface area contributed by atoms with Gasteiger partial charge in [-0.25, -0.2) is 4.39 Å². The van der Waals surface area contributed by atoms with Gasteiger partial charge in [0.2, 0.25) is 11.8 Å². The summed E-state index contributed by atoms with van der Waals surface area (Å²) < 4.78 is 24.6. The summed E-state index contributed by atoms with van der Waals surface area (Å²) in [7, 11) is 1.61. The zero-order valence-corrected chi connectivity index (χ0v) is 15.2. The number of rotatable bonds is 6. The molecule has 0 radical (unpaired) electrons. The Morgan fingerprint density at radius 1 is 0.929 bits per heavy atom. The second-order valence-electron chi connectivity index (χ2n) is 6.17. The molecule has 3 aromatic carbocycles. The van der Waals surface area contributed by atoms with E-state index >= 15 is 0 Å². The third-order valence-electron chi connectivity index (χ3n) is 4.29. The van der Waals surface area contributed by atoms with Crippen LogP contribution in [0.25, 0.3) is 11.5 Å². The van der Waals surface area contributed by atoms with Gasteiger partial charge in [0.1, 0.15) is 17.6 Å². The molecule has 0 fully saturated rings. The molecule has 4 aromatic rings. The average Bonchev–Trinajstić information content (AvgIpc) is 3.23. The monoisotopic (exact) mass is 375 g/mol. The van der Waals surface area contributed by atoms with E-state index in [2.05, 4.69) is 15.5 Å². The number of anilines is 1. The van der Waals surface area contributed by atoms with Crippen LogP contribution >= 0.6 is 0 Å². The quantitative estimate of drug-likeness (QED) is 0.509. The minimum Gasteiger partial charge on any atom is -0.497 e. The van der Waals surface area contributed by atoms with Crippen LogP contribution in [-0.4, -0.2) is 17.3 Å². The molecule has 5 nitrogen and oxygen atoms in total. The summed E-state index contributed by atoms with van der Waals surface area (Å²) in [6.07, 6.45) is 0. The van der Waals surface area contributed by atoms with E-state index in [-0.39, 0.29) is 5.82 Å². The first kappa shape index (κ1) is 17.7. The van der Waals surface area contributed by atoms with E-state index in [0.29, 0.717) is 11.8 Å². The van der Waals surface area contributed by atoms with Crippen molar-refractivity contribution in [2.75, 3.05) is 12.4 Å². The van der Waals surface area contributed by atoms with Crippen molar-refractivity contribution in [1.29, 1.82) is 0 Å². The van der Waals surface area contributed by atoms with Crippen molar-refractivity contribution >= 4 is 5.69 Å². The van der Waals surface area contributed by atoms with E-state index in [1.54, 1.807) is 19.2 Å². The van der Waals surface area contributed by atoms with Crippen LogP contribution < -0.4 is 10.1 Å². The second-order valence-corrected chi connectivity index (χ2v) is 6.17. The topological polar surface area (TPSA) is 60.2 Å². The van der Waals surface area contributed by atoms with E-state index in [0.717, 1.165) is 22.6 Å². The largest absolute Gasteiger partial charge is 0.497 e. The first-order valence-corrected chi connectivity index (χ1v) is 8.78. The summed E-state index contributed by atoms with van der Waals surface area (Å²) in [5.41, 5.74) is 2.45. The Morgan fingerprint density at radius 2 is 1.71 bits per heavy atom. The predicted octanol–water partition coefficient (Wildman–Crippen LogP) is 5.09. The number of nitrogens with zero attached hydrogens (tertiary/aromatic N) is 2. The number of aromatic nitrogens is 2. The number of methoxy groups -OCH3 is 1. The van der Waals surface area contributed by atoms with Gasteiger partial charge in [-0.15, -0.1) is 10.2 Å². The molecule has 0 saturated carbocycles. The minimum atomic E-state index is -0.447. The molecule has 0 aliphatic carbocycles. The van der Waals surface area contributed by atoms with Crippen LogP contribution in [0.2, 0.25) is 0 Å². The van der Waals surface area contributed by atoms with Crippen LogP contribution in [0.1, 0.15) is 17.5 Å². The first-order valence-electron chi connectivity index (χ1n) is 8.78. The van der Waals surface area contributed by atoms with Crippen molar-refractivity contribution in [3.8, 4) is 17.2 Å². The Morgan fingerprint density at radius 3 is 2.46 bits per heavy atom. The summed E-state index contributed by atoms with van der Waals surface area (Å²) >= 11 is 0. The number of hydrogen-bond acceptors (Lipinski definition) is 5. The molecule has 0 aliphatic rings. The smallest absolute Gasteiger partial charge is 0.247 e. The van der Waals surface area contributed by atoms with Gasteiger partial charge in [-0.1, -0.05) is 36.4 Å². The van der Waals surface area contributed by atoms with Crippen LogP contribution in [0.3, 0.4) is 0 Å². The fourth-order valence-corrected chi connectivity index (χ4v) is 2.87. The van der Waals surface area contributed by atoms with Crippen LogP contribution in [0.5, 0.6) is 5.75 Å². The minimum absolute atomic E-state index is 0.306. The molecule has 4 rings (SSSR count). The van der Waals surface area contributed by atoms with Gasteiger partial charge < -0.3 is 14.5 Å². The van der Waals surface area contributed by atoms with E-state index in [9.17, 15) is 4.39 Å². The van der Waals surface area contributed by atoms with Gasteiger partial charge in [0.05, 0.1) is 7.11 Å². The third-order valence-corrected chi connectivity index (χ3v) is 4.29. The molecule has 0 unspecified atom stereocenters. The summed E-state index contributed by atoms with van der Waals surface area (Å²) in [5, 5.41) is 11.8. The van der Waals surface area contributed by atoms with Crippen molar-refractivity contribution in [2.45, 2.75) is 6.04 Å². The predicted molar refractivity (Wildman–Crippen MR) is 105 cm³/mol. The zero-order chi connectivity index (χ0) is 19.3. The maximum absolute atomic E-state index is 13.4. The number of benzene rings is 3. The number of halogens is 1. The molecule has 0 aliphatic heterocycles. The summed E-state index contributed by atoms with van der Waals surface area (Å²) in [4.78, 5) is 0. The third kappa shape index (κ3) is 3.86. The summed E-state index contributed by atoms with van der Waals surface area (Å²) in [6, 6.07) is 22.8. The molecule has 0 amide bonds. The number of hydrogen-bond donors (Lipinski definition) is 1. The van der Waals surface area contributed by atoms with Crippen molar-refractivity contribution < 1.29 is 13.5 Å². The Labute approximate surface area is 161 Å². The Kier molecular flexibility index (Phi) is 5.01. The normalized spacial score (nSPS) is 11.8. The molecule has 1 aromatic heterocycles. The van der Waals surface area contributed by atoms with Gasteiger partial charge in [0, 0.05) is 17.3 Å². The van der Waals surface area contributed by atoms with Gasteiger partial charge in [0.25, 0.3) is 0 Å². The average molecular weight is 375 g/mol. The van der Waals surface area contributed by atoms with E-state index in [4.69, 9.17) is 9.15 Å². The lowest BCUT2D eigenvalue weighted by Crippen LogP contribution is -2.13. The fourth-order valence-electron chi connectivity index (χ4n) is 2.87. The molecule has 1 heterocycles. The van der Waals surface area contributed by atoms with Gasteiger partial charge in [-0.3, -0.25) is 0 Å². The second kappa shape index (κ2) is 7.92. The number of nitrogens with one attached hydrogen (secondary N) is 1. The highest BCUT2D eigenvalue weighted by Gasteiger charge is 2.22. The maximum atomic E-state index is 13.4. The fraction of sp³-hybridized carbons (Fsp3) is 0.0909. The molecule has 1 N–H and O–H groups in total. The molecular weight excluding hydrogens is 357 g/mol. The highest BCUT2D eigenvalue weighted by Crippen LogP contribution is 2.29. The van der Waals surface area contributed by atoms with Crippen LogP contribution in [0, 0.1) is 5.82 Å². The Bertz CT molecular complexity index is 1050. The highest BCUT2D eigenvalue weighted by atomic mass is 19.1. The van der Waals surface area contributed by atoms with Crippen LogP contribution in [0.4, 0.5) is 10.1 Å². The van der Waals surface area contributed by atoms with E-state index in [1.807, 2.05) is 54.6 Å². The molecule has 28 heavy (non-hydrogen) atoms. The zero-order valence-electron chi connectivity index (χ0n) is 15.2. The lowest BCUT2D eigenvalue weighted by molar-refractivity contribution is 0.415. The lowest BCUT2D eigenvalue weighted by Gasteiger charge is -2.17. The summed E-state index contributed by atoms with van der Waals surface area (Å²) in [5.74, 6) is 1.22. The van der Waals surface area contributed by atoms with Crippen molar-refractivity contribution in [3.63, 3.8) is 0 Å². The summed E-state index contributed by atoms with van der Waals surface area (Å²) in [6.45, 7) is 0. The SMILES string of the molecule is COc1cccc(N[C@H](c2ccc(F)cc2)c2nnc(-c3ccccc3)o2)c1. The van der Waals surface area contributed by atoms with Crippen LogP contribution in [0.15, 0.2) is 83.3 Å². The molecule has 0 bridgehead atoms. The van der Waals surface area contributed by atoms with Gasteiger partial charge in [0.15, 0.2) is 0 Å². The molecular formula is C22H18FN3O2. The van der Waals surface area contributed by atoms with Gasteiger partial charge in [-0.05, 0) is 42.0 Å². The molecule has 0 spiro atoms. The maximum Gasteiger partial charge on any atom is 0.247 e. The molecule has 0 saturated heterocycles. The van der Waals surface area contributed by atoms with Crippen molar-refractivity contribution in [2.24, 2.45) is 0 Å².